The van der Waals surface area contributed by atoms with Gasteiger partial charge in [0.25, 0.3) is 0 Å². The number of amides is 1. The van der Waals surface area contributed by atoms with E-state index in [0.717, 1.165) is 25.6 Å². The number of alkyl carbamates (subject to hydrolysis) is 1. The van der Waals surface area contributed by atoms with Gasteiger partial charge in [-0.1, -0.05) is 12.8 Å². The molecule has 1 saturated heterocycles. The summed E-state index contributed by atoms with van der Waals surface area (Å²) in [5.74, 6) is 0.901. The van der Waals surface area contributed by atoms with Gasteiger partial charge in [-0.2, -0.15) is 0 Å². The number of carbonyl (C=O) groups is 1. The molecule has 1 heterocycles. The van der Waals surface area contributed by atoms with Crippen LogP contribution in [0.2, 0.25) is 0 Å². The minimum Gasteiger partial charge on any atom is -0.444 e. The summed E-state index contributed by atoms with van der Waals surface area (Å²) in [6.45, 7) is 8.61. The van der Waals surface area contributed by atoms with Crippen molar-refractivity contribution in [3.63, 3.8) is 0 Å². The molecule has 1 amide bonds. The van der Waals surface area contributed by atoms with Gasteiger partial charge in [-0.3, -0.25) is 0 Å². The van der Waals surface area contributed by atoms with Gasteiger partial charge >= 0.3 is 6.09 Å². The lowest BCUT2D eigenvalue weighted by Crippen LogP contribution is -2.46. The van der Waals surface area contributed by atoms with Gasteiger partial charge in [0.05, 0.1) is 0 Å². The Morgan fingerprint density at radius 3 is 2.47 bits per heavy atom. The van der Waals surface area contributed by atoms with Crippen LogP contribution in [0, 0.1) is 11.3 Å². The molecule has 2 N–H and O–H groups in total. The molecule has 0 atom stereocenters. The van der Waals surface area contributed by atoms with E-state index in [0.29, 0.717) is 5.41 Å². The molecule has 1 saturated carbocycles. The second-order valence-corrected chi connectivity index (χ2v) is 7.25. The number of rotatable bonds is 4. The van der Waals surface area contributed by atoms with E-state index < -0.39 is 5.60 Å². The quantitative estimate of drug-likeness (QED) is 0.824. The number of piperidine rings is 1. The van der Waals surface area contributed by atoms with Crippen LogP contribution in [0.1, 0.15) is 52.9 Å². The molecule has 2 fully saturated rings. The lowest BCUT2D eigenvalue weighted by molar-refractivity contribution is 0.0477. The molecule has 0 unspecified atom stereocenters. The van der Waals surface area contributed by atoms with E-state index in [4.69, 9.17) is 4.74 Å². The number of hydrogen-bond acceptors (Lipinski definition) is 3. The zero-order valence-corrected chi connectivity index (χ0v) is 12.6. The minimum absolute atomic E-state index is 0.277. The first-order valence-electron chi connectivity index (χ1n) is 7.56. The smallest absolute Gasteiger partial charge is 0.407 e. The van der Waals surface area contributed by atoms with Gasteiger partial charge in [0.15, 0.2) is 0 Å². The molecule has 2 rings (SSSR count). The Labute approximate surface area is 116 Å². The molecule has 4 heteroatoms. The van der Waals surface area contributed by atoms with Crippen LogP contribution in [0.25, 0.3) is 0 Å². The lowest BCUT2D eigenvalue weighted by atomic mass is 9.74. The summed E-state index contributed by atoms with van der Waals surface area (Å²) >= 11 is 0. The van der Waals surface area contributed by atoms with Gasteiger partial charge in [-0.25, -0.2) is 4.79 Å². The fraction of sp³-hybridized carbons (Fsp3) is 0.933. The van der Waals surface area contributed by atoms with Crippen molar-refractivity contribution >= 4 is 6.09 Å². The highest BCUT2D eigenvalue weighted by Crippen LogP contribution is 2.44. The van der Waals surface area contributed by atoms with Crippen LogP contribution < -0.4 is 10.6 Å². The van der Waals surface area contributed by atoms with Crippen molar-refractivity contribution in [3.05, 3.63) is 0 Å². The Kier molecular flexibility index (Phi) is 4.39. The van der Waals surface area contributed by atoms with E-state index >= 15 is 0 Å². The predicted octanol–water partition coefficient (Wildman–Crippen LogP) is 2.68. The van der Waals surface area contributed by atoms with E-state index in [1.165, 1.54) is 32.1 Å². The summed E-state index contributed by atoms with van der Waals surface area (Å²) < 4.78 is 5.33. The van der Waals surface area contributed by atoms with Crippen LogP contribution in [0.3, 0.4) is 0 Å². The second kappa shape index (κ2) is 5.70. The standard InChI is InChI=1S/C15H28N2O2/c1-14(2,3)19-13(18)17-11-15(10-12-4-5-12)6-8-16-9-7-15/h12,16H,4-11H2,1-3H3,(H,17,18). The van der Waals surface area contributed by atoms with Crippen molar-refractivity contribution in [3.8, 4) is 0 Å². The molecule has 0 spiro atoms. The average Bonchev–Trinajstić information content (AvgIpc) is 3.09. The van der Waals surface area contributed by atoms with E-state index in [1.54, 1.807) is 0 Å². The first-order valence-corrected chi connectivity index (χ1v) is 7.56. The zero-order chi connectivity index (χ0) is 13.9. The largest absolute Gasteiger partial charge is 0.444 e. The lowest BCUT2D eigenvalue weighted by Gasteiger charge is -2.38. The Morgan fingerprint density at radius 2 is 1.95 bits per heavy atom. The van der Waals surface area contributed by atoms with E-state index in [1.807, 2.05) is 20.8 Å². The number of ether oxygens (including phenoxy) is 1. The van der Waals surface area contributed by atoms with Crippen LogP contribution in [0.15, 0.2) is 0 Å². The molecule has 0 radical (unpaired) electrons. The first kappa shape index (κ1) is 14.6. The molecular weight excluding hydrogens is 240 g/mol. The maximum absolute atomic E-state index is 11.8. The Balaban J connectivity index is 1.83. The molecule has 1 aliphatic carbocycles. The molecule has 110 valence electrons. The number of nitrogens with one attached hydrogen (secondary N) is 2. The van der Waals surface area contributed by atoms with Crippen molar-refractivity contribution in [2.75, 3.05) is 19.6 Å². The highest BCUT2D eigenvalue weighted by Gasteiger charge is 2.38. The summed E-state index contributed by atoms with van der Waals surface area (Å²) in [6.07, 6.45) is 6.08. The van der Waals surface area contributed by atoms with Crippen LogP contribution in [-0.2, 0) is 4.74 Å². The van der Waals surface area contributed by atoms with Gasteiger partial charge in [-0.05, 0) is 64.5 Å². The molecule has 0 aromatic carbocycles. The Bertz CT molecular complexity index is 313. The first-order chi connectivity index (χ1) is 8.89. The highest BCUT2D eigenvalue weighted by molar-refractivity contribution is 5.67. The molecule has 2 aliphatic rings. The molecule has 0 aromatic rings. The normalized spacial score (nSPS) is 22.9. The summed E-state index contributed by atoms with van der Waals surface area (Å²) in [6, 6.07) is 0. The van der Waals surface area contributed by atoms with Gasteiger partial charge in [0.2, 0.25) is 0 Å². The fourth-order valence-corrected chi connectivity index (χ4v) is 2.92. The Hall–Kier alpha value is -0.770. The summed E-state index contributed by atoms with van der Waals surface area (Å²) in [4.78, 5) is 11.8. The SMILES string of the molecule is CC(C)(C)OC(=O)NCC1(CC2CC2)CCNCC1. The Morgan fingerprint density at radius 1 is 1.32 bits per heavy atom. The third kappa shape index (κ3) is 5.01. The van der Waals surface area contributed by atoms with Crippen LogP contribution >= 0.6 is 0 Å². The van der Waals surface area contributed by atoms with Crippen molar-refractivity contribution in [2.24, 2.45) is 11.3 Å². The second-order valence-electron chi connectivity index (χ2n) is 7.25. The van der Waals surface area contributed by atoms with Crippen molar-refractivity contribution in [2.45, 2.75) is 58.5 Å². The van der Waals surface area contributed by atoms with Gasteiger partial charge < -0.3 is 15.4 Å². The minimum atomic E-state index is -0.415. The summed E-state index contributed by atoms with van der Waals surface area (Å²) in [5, 5.41) is 6.41. The fourth-order valence-electron chi connectivity index (χ4n) is 2.92. The number of carbonyl (C=O) groups excluding carboxylic acids is 1. The summed E-state index contributed by atoms with van der Waals surface area (Å²) in [5.41, 5.74) is -0.120. The van der Waals surface area contributed by atoms with Crippen LogP contribution in [0.5, 0.6) is 0 Å². The third-order valence-corrected chi connectivity index (χ3v) is 4.09. The van der Waals surface area contributed by atoms with Gasteiger partial charge in [0, 0.05) is 6.54 Å². The highest BCUT2D eigenvalue weighted by atomic mass is 16.6. The van der Waals surface area contributed by atoms with Crippen molar-refractivity contribution in [1.29, 1.82) is 0 Å². The van der Waals surface area contributed by atoms with E-state index in [-0.39, 0.29) is 6.09 Å². The molecule has 19 heavy (non-hydrogen) atoms. The average molecular weight is 268 g/mol. The van der Waals surface area contributed by atoms with Crippen LogP contribution in [-0.4, -0.2) is 31.3 Å². The molecule has 4 nitrogen and oxygen atoms in total. The third-order valence-electron chi connectivity index (χ3n) is 4.09. The van der Waals surface area contributed by atoms with Crippen molar-refractivity contribution in [1.82, 2.24) is 10.6 Å². The maximum Gasteiger partial charge on any atom is 0.407 e. The van der Waals surface area contributed by atoms with E-state index in [9.17, 15) is 4.79 Å². The molecule has 1 aliphatic heterocycles. The topological polar surface area (TPSA) is 50.4 Å². The predicted molar refractivity (Wildman–Crippen MR) is 76.1 cm³/mol. The summed E-state index contributed by atoms with van der Waals surface area (Å²) in [7, 11) is 0. The van der Waals surface area contributed by atoms with Crippen LogP contribution in [0.4, 0.5) is 4.79 Å². The van der Waals surface area contributed by atoms with E-state index in [2.05, 4.69) is 10.6 Å². The monoisotopic (exact) mass is 268 g/mol. The van der Waals surface area contributed by atoms with Crippen molar-refractivity contribution < 1.29 is 9.53 Å². The van der Waals surface area contributed by atoms with Gasteiger partial charge in [0.1, 0.15) is 5.60 Å². The maximum atomic E-state index is 11.8. The molecule has 0 aromatic heterocycles. The molecular formula is C15H28N2O2. The van der Waals surface area contributed by atoms with Gasteiger partial charge in [-0.15, -0.1) is 0 Å². The molecule has 0 bridgehead atoms. The zero-order valence-electron chi connectivity index (χ0n) is 12.6. The number of hydrogen-bond donors (Lipinski definition) is 2.